The molecule has 1 heterocycles. The number of rotatable bonds is 5. The molecule has 1 atom stereocenters. The standard InChI is InChI=1S/C20H20ClNO4/c1-14(26-19(23)13-25-17-10-8-16(21)9-11-17)20(24)22-12-4-6-15-5-2-3-7-18(15)22/h2-3,5,7-11,14H,4,6,12-13H2,1H3. The van der Waals surface area contributed by atoms with Gasteiger partial charge in [-0.1, -0.05) is 29.8 Å². The molecular formula is C20H20ClNO4. The van der Waals surface area contributed by atoms with Crippen LogP contribution >= 0.6 is 11.6 Å². The van der Waals surface area contributed by atoms with Crippen LogP contribution in [0.15, 0.2) is 48.5 Å². The number of carbonyl (C=O) groups is 2. The number of anilines is 1. The van der Waals surface area contributed by atoms with Crippen molar-refractivity contribution in [2.45, 2.75) is 25.9 Å². The summed E-state index contributed by atoms with van der Waals surface area (Å²) in [5.41, 5.74) is 2.03. The number of halogens is 1. The molecule has 1 unspecified atom stereocenters. The minimum Gasteiger partial charge on any atom is -0.482 e. The van der Waals surface area contributed by atoms with Gasteiger partial charge >= 0.3 is 5.97 Å². The van der Waals surface area contributed by atoms with Gasteiger partial charge in [-0.15, -0.1) is 0 Å². The summed E-state index contributed by atoms with van der Waals surface area (Å²) >= 11 is 5.80. The van der Waals surface area contributed by atoms with Crippen molar-refractivity contribution in [1.82, 2.24) is 0 Å². The Labute approximate surface area is 157 Å². The van der Waals surface area contributed by atoms with Crippen molar-refractivity contribution in [3.8, 4) is 5.75 Å². The highest BCUT2D eigenvalue weighted by Gasteiger charge is 2.28. The van der Waals surface area contributed by atoms with Gasteiger partial charge in [-0.05, 0) is 55.7 Å². The van der Waals surface area contributed by atoms with Gasteiger partial charge in [-0.2, -0.15) is 0 Å². The molecule has 0 spiro atoms. The van der Waals surface area contributed by atoms with Crippen LogP contribution in [-0.2, 0) is 20.7 Å². The van der Waals surface area contributed by atoms with Crippen molar-refractivity contribution in [3.63, 3.8) is 0 Å². The van der Waals surface area contributed by atoms with Gasteiger partial charge in [-0.3, -0.25) is 4.79 Å². The Morgan fingerprint density at radius 1 is 1.15 bits per heavy atom. The van der Waals surface area contributed by atoms with Crippen molar-refractivity contribution in [1.29, 1.82) is 0 Å². The fourth-order valence-electron chi connectivity index (χ4n) is 2.94. The molecule has 0 fully saturated rings. The third kappa shape index (κ3) is 4.35. The summed E-state index contributed by atoms with van der Waals surface area (Å²) in [6, 6.07) is 14.5. The number of carbonyl (C=O) groups excluding carboxylic acids is 2. The molecule has 2 aromatic rings. The zero-order valence-electron chi connectivity index (χ0n) is 14.5. The lowest BCUT2D eigenvalue weighted by molar-refractivity contribution is -0.155. The maximum Gasteiger partial charge on any atom is 0.344 e. The lowest BCUT2D eigenvalue weighted by Gasteiger charge is -2.31. The fourth-order valence-corrected chi connectivity index (χ4v) is 3.06. The van der Waals surface area contributed by atoms with E-state index in [0.717, 1.165) is 24.1 Å². The van der Waals surface area contributed by atoms with Gasteiger partial charge in [0.05, 0.1) is 0 Å². The maximum atomic E-state index is 12.7. The molecule has 2 aromatic carbocycles. The van der Waals surface area contributed by atoms with Gasteiger partial charge in [0.2, 0.25) is 0 Å². The Morgan fingerprint density at radius 2 is 1.88 bits per heavy atom. The van der Waals surface area contributed by atoms with Gasteiger partial charge in [0, 0.05) is 17.3 Å². The second-order valence-corrected chi connectivity index (χ2v) is 6.53. The van der Waals surface area contributed by atoms with E-state index in [1.165, 1.54) is 0 Å². The zero-order chi connectivity index (χ0) is 18.5. The van der Waals surface area contributed by atoms with E-state index in [4.69, 9.17) is 21.1 Å². The van der Waals surface area contributed by atoms with E-state index >= 15 is 0 Å². The number of amides is 1. The minimum absolute atomic E-state index is 0.225. The number of aryl methyl sites for hydroxylation is 1. The van der Waals surface area contributed by atoms with Crippen LogP contribution in [-0.4, -0.2) is 31.1 Å². The van der Waals surface area contributed by atoms with Gasteiger partial charge in [0.25, 0.3) is 5.91 Å². The number of benzene rings is 2. The van der Waals surface area contributed by atoms with Crippen LogP contribution in [0.1, 0.15) is 18.9 Å². The van der Waals surface area contributed by atoms with Crippen molar-refractivity contribution in [2.24, 2.45) is 0 Å². The molecule has 0 aliphatic carbocycles. The lowest BCUT2D eigenvalue weighted by atomic mass is 10.0. The molecular weight excluding hydrogens is 354 g/mol. The number of hydrogen-bond donors (Lipinski definition) is 0. The molecule has 0 radical (unpaired) electrons. The van der Waals surface area contributed by atoms with E-state index in [9.17, 15) is 9.59 Å². The molecule has 26 heavy (non-hydrogen) atoms. The number of ether oxygens (including phenoxy) is 2. The number of hydrogen-bond acceptors (Lipinski definition) is 4. The molecule has 1 aliphatic rings. The summed E-state index contributed by atoms with van der Waals surface area (Å²) in [4.78, 5) is 26.4. The van der Waals surface area contributed by atoms with Crippen LogP contribution in [0.4, 0.5) is 5.69 Å². The summed E-state index contributed by atoms with van der Waals surface area (Å²) in [5.74, 6) is -0.307. The highest BCUT2D eigenvalue weighted by Crippen LogP contribution is 2.27. The quantitative estimate of drug-likeness (QED) is 0.751. The first kappa shape index (κ1) is 18.3. The number of nitrogens with zero attached hydrogens (tertiary/aromatic N) is 1. The molecule has 0 saturated heterocycles. The minimum atomic E-state index is -0.873. The molecule has 0 N–H and O–H groups in total. The van der Waals surface area contributed by atoms with E-state index in [1.807, 2.05) is 24.3 Å². The molecule has 0 bridgehead atoms. The smallest absolute Gasteiger partial charge is 0.344 e. The highest BCUT2D eigenvalue weighted by atomic mass is 35.5. The summed E-state index contributed by atoms with van der Waals surface area (Å²) in [6.45, 7) is 1.94. The van der Waals surface area contributed by atoms with E-state index in [0.29, 0.717) is 17.3 Å². The second kappa shape index (κ2) is 8.23. The van der Waals surface area contributed by atoms with Crippen molar-refractivity contribution in [3.05, 3.63) is 59.1 Å². The average molecular weight is 374 g/mol. The van der Waals surface area contributed by atoms with Crippen LogP contribution in [0.3, 0.4) is 0 Å². The van der Waals surface area contributed by atoms with Crippen LogP contribution < -0.4 is 9.64 Å². The number of esters is 1. The van der Waals surface area contributed by atoms with Gasteiger partial charge in [0.15, 0.2) is 12.7 Å². The highest BCUT2D eigenvalue weighted by molar-refractivity contribution is 6.30. The van der Waals surface area contributed by atoms with Crippen molar-refractivity contribution in [2.75, 3.05) is 18.1 Å². The molecule has 136 valence electrons. The Bertz CT molecular complexity index is 791. The van der Waals surface area contributed by atoms with E-state index < -0.39 is 12.1 Å². The predicted octanol–water partition coefficient (Wildman–Crippen LogP) is 3.63. The van der Waals surface area contributed by atoms with Crippen molar-refractivity contribution < 1.29 is 19.1 Å². The molecule has 1 aliphatic heterocycles. The Balaban J connectivity index is 1.56. The molecule has 6 heteroatoms. The van der Waals surface area contributed by atoms with Crippen molar-refractivity contribution >= 4 is 29.2 Å². The Morgan fingerprint density at radius 3 is 2.65 bits per heavy atom. The van der Waals surface area contributed by atoms with Crippen LogP contribution in [0.5, 0.6) is 5.75 Å². The summed E-state index contributed by atoms with van der Waals surface area (Å²) in [6.07, 6.45) is 0.967. The first-order valence-electron chi connectivity index (χ1n) is 8.52. The van der Waals surface area contributed by atoms with Crippen LogP contribution in [0.25, 0.3) is 0 Å². The van der Waals surface area contributed by atoms with Crippen LogP contribution in [0.2, 0.25) is 5.02 Å². The first-order chi connectivity index (χ1) is 12.5. The monoisotopic (exact) mass is 373 g/mol. The molecule has 0 saturated carbocycles. The van der Waals surface area contributed by atoms with Gasteiger partial charge in [0.1, 0.15) is 5.75 Å². The van der Waals surface area contributed by atoms with Crippen LogP contribution in [0, 0.1) is 0 Å². The zero-order valence-corrected chi connectivity index (χ0v) is 15.2. The lowest BCUT2D eigenvalue weighted by Crippen LogP contribution is -2.43. The Kier molecular flexibility index (Phi) is 5.78. The van der Waals surface area contributed by atoms with E-state index in [-0.39, 0.29) is 12.5 Å². The third-order valence-electron chi connectivity index (χ3n) is 4.20. The second-order valence-electron chi connectivity index (χ2n) is 6.10. The maximum absolute atomic E-state index is 12.7. The molecule has 5 nitrogen and oxygen atoms in total. The van der Waals surface area contributed by atoms with E-state index in [2.05, 4.69) is 0 Å². The largest absolute Gasteiger partial charge is 0.482 e. The summed E-state index contributed by atoms with van der Waals surface area (Å²) < 4.78 is 10.6. The summed E-state index contributed by atoms with van der Waals surface area (Å²) in [7, 11) is 0. The molecule has 1 amide bonds. The first-order valence-corrected chi connectivity index (χ1v) is 8.89. The number of fused-ring (bicyclic) bond motifs is 1. The number of para-hydroxylation sites is 1. The average Bonchev–Trinajstić information content (AvgIpc) is 2.66. The Hall–Kier alpha value is -2.53. The SMILES string of the molecule is CC(OC(=O)COc1ccc(Cl)cc1)C(=O)N1CCCc2ccccc21. The molecule has 0 aromatic heterocycles. The van der Waals surface area contributed by atoms with E-state index in [1.54, 1.807) is 36.1 Å². The normalized spacial score (nSPS) is 14.3. The summed E-state index contributed by atoms with van der Waals surface area (Å²) in [5, 5.41) is 0.584. The topological polar surface area (TPSA) is 55.8 Å². The van der Waals surface area contributed by atoms with Gasteiger partial charge < -0.3 is 14.4 Å². The molecule has 3 rings (SSSR count). The third-order valence-corrected chi connectivity index (χ3v) is 4.45. The fraction of sp³-hybridized carbons (Fsp3) is 0.300. The predicted molar refractivity (Wildman–Crippen MR) is 99.6 cm³/mol. The van der Waals surface area contributed by atoms with Gasteiger partial charge in [-0.25, -0.2) is 4.79 Å².